The minimum absolute atomic E-state index is 0.0916. The van der Waals surface area contributed by atoms with Gasteiger partial charge in [0.2, 0.25) is 5.91 Å². The van der Waals surface area contributed by atoms with Crippen LogP contribution < -0.4 is 5.32 Å². The number of hydrogen-bond donors (Lipinski definition) is 1. The maximum Gasteiger partial charge on any atom is 0.243 e. The van der Waals surface area contributed by atoms with Gasteiger partial charge in [-0.3, -0.25) is 4.79 Å². The van der Waals surface area contributed by atoms with Crippen molar-refractivity contribution in [2.45, 2.75) is 38.7 Å². The van der Waals surface area contributed by atoms with E-state index in [-0.39, 0.29) is 5.91 Å². The molecular weight excluding hydrogens is 222 g/mol. The van der Waals surface area contributed by atoms with E-state index in [1.807, 2.05) is 0 Å². The van der Waals surface area contributed by atoms with E-state index in [1.54, 1.807) is 0 Å². The van der Waals surface area contributed by atoms with Crippen LogP contribution >= 0.6 is 0 Å². The number of carbonyl (C=O) groups is 1. The average molecular weight is 244 g/mol. The molecule has 1 radical (unpaired) electrons. The molecule has 0 aromatic rings. The molecule has 0 heterocycles. The van der Waals surface area contributed by atoms with Crippen LogP contribution in [0.5, 0.6) is 0 Å². The molecule has 0 fully saturated rings. The molecule has 0 saturated heterocycles. The fraction of sp³-hybridized carbons (Fsp3) is 0.700. The van der Waals surface area contributed by atoms with Crippen LogP contribution in [0.15, 0.2) is 12.7 Å². The van der Waals surface area contributed by atoms with Gasteiger partial charge in [0.15, 0.2) is 17.4 Å². The van der Waals surface area contributed by atoms with E-state index in [2.05, 4.69) is 38.1 Å². The zero-order chi connectivity index (χ0) is 11.9. The van der Waals surface area contributed by atoms with Crippen molar-refractivity contribution in [3.8, 4) is 0 Å². The van der Waals surface area contributed by atoms with Crippen molar-refractivity contribution in [3.05, 3.63) is 12.7 Å². The molecule has 0 aliphatic heterocycles. The maximum absolute atomic E-state index is 10.9. The van der Waals surface area contributed by atoms with Crippen LogP contribution in [0.4, 0.5) is 0 Å². The van der Waals surface area contributed by atoms with Crippen molar-refractivity contribution in [2.24, 2.45) is 0 Å². The molecule has 0 atom stereocenters. The highest BCUT2D eigenvalue weighted by atomic mass is 28.4. The summed E-state index contributed by atoms with van der Waals surface area (Å²) in [6.07, 6.45) is 2.30. The molecule has 15 heavy (non-hydrogen) atoms. The lowest BCUT2D eigenvalue weighted by Crippen LogP contribution is -2.36. The molecule has 0 aliphatic rings. The summed E-state index contributed by atoms with van der Waals surface area (Å²) in [5, 5.41) is 2.78. The minimum atomic E-state index is -1.48. The molecule has 0 spiro atoms. The standard InChI is InChI=1S/C10H22NO2Si2/c1-6-10(12)11-8-7-9-15(4,5)13-14(2)3/h6H,1,7-9H2,2-5H3,(H,11,12). The molecule has 0 rings (SSSR count). The molecule has 0 aromatic carbocycles. The molecule has 0 aromatic heterocycles. The number of amides is 1. The molecule has 0 unspecified atom stereocenters. The molecular formula is C10H22NO2Si2. The van der Waals surface area contributed by atoms with E-state index >= 15 is 0 Å². The molecule has 0 aliphatic carbocycles. The normalized spacial score (nSPS) is 11.5. The van der Waals surface area contributed by atoms with Gasteiger partial charge in [0.25, 0.3) is 0 Å². The Morgan fingerprint density at radius 3 is 2.60 bits per heavy atom. The summed E-state index contributed by atoms with van der Waals surface area (Å²) < 4.78 is 5.98. The summed E-state index contributed by atoms with van der Waals surface area (Å²) in [4.78, 5) is 10.9. The Labute approximate surface area is 95.8 Å². The Balaban J connectivity index is 3.65. The van der Waals surface area contributed by atoms with Crippen molar-refractivity contribution in [2.75, 3.05) is 6.54 Å². The second-order valence-corrected chi connectivity index (χ2v) is 11.0. The number of nitrogens with one attached hydrogen (secondary N) is 1. The lowest BCUT2D eigenvalue weighted by molar-refractivity contribution is -0.116. The topological polar surface area (TPSA) is 38.3 Å². The van der Waals surface area contributed by atoms with E-state index in [4.69, 9.17) is 4.12 Å². The number of hydrogen-bond acceptors (Lipinski definition) is 2. The predicted molar refractivity (Wildman–Crippen MR) is 68.7 cm³/mol. The van der Waals surface area contributed by atoms with Crippen molar-refractivity contribution in [1.29, 1.82) is 0 Å². The van der Waals surface area contributed by atoms with Crippen molar-refractivity contribution in [1.82, 2.24) is 5.32 Å². The zero-order valence-electron chi connectivity index (χ0n) is 10.2. The molecule has 5 heteroatoms. The van der Waals surface area contributed by atoms with Crippen molar-refractivity contribution in [3.63, 3.8) is 0 Å². The van der Waals surface area contributed by atoms with Gasteiger partial charge in [0.05, 0.1) is 0 Å². The van der Waals surface area contributed by atoms with Gasteiger partial charge in [-0.15, -0.1) is 0 Å². The highest BCUT2D eigenvalue weighted by Gasteiger charge is 2.22. The first-order valence-electron chi connectivity index (χ1n) is 5.27. The molecule has 1 N–H and O–H groups in total. The van der Waals surface area contributed by atoms with Gasteiger partial charge in [-0.25, -0.2) is 0 Å². The van der Waals surface area contributed by atoms with E-state index < -0.39 is 17.4 Å². The molecule has 0 saturated carbocycles. The Morgan fingerprint density at radius 1 is 1.53 bits per heavy atom. The van der Waals surface area contributed by atoms with Gasteiger partial charge in [0, 0.05) is 6.54 Å². The highest BCUT2D eigenvalue weighted by Crippen LogP contribution is 2.14. The first-order valence-corrected chi connectivity index (χ1v) is 10.8. The van der Waals surface area contributed by atoms with Crippen LogP contribution in [0.3, 0.4) is 0 Å². The lowest BCUT2D eigenvalue weighted by Gasteiger charge is -2.25. The Morgan fingerprint density at radius 2 is 2.13 bits per heavy atom. The van der Waals surface area contributed by atoms with Gasteiger partial charge in [-0.2, -0.15) is 0 Å². The summed E-state index contributed by atoms with van der Waals surface area (Å²) in [5.74, 6) is -0.0916. The summed E-state index contributed by atoms with van der Waals surface area (Å²) in [6.45, 7) is 12.9. The average Bonchev–Trinajstić information content (AvgIpc) is 2.10. The fourth-order valence-electron chi connectivity index (χ4n) is 1.40. The van der Waals surface area contributed by atoms with Crippen LogP contribution in [0, 0.1) is 0 Å². The Bertz CT molecular complexity index is 217. The van der Waals surface area contributed by atoms with E-state index in [1.165, 1.54) is 6.08 Å². The van der Waals surface area contributed by atoms with Crippen LogP contribution in [0.25, 0.3) is 0 Å². The first kappa shape index (κ1) is 14.6. The molecule has 87 valence electrons. The summed E-state index contributed by atoms with van der Waals surface area (Å²) >= 11 is 0. The third-order valence-corrected chi connectivity index (χ3v) is 7.32. The molecule has 0 bridgehead atoms. The quantitative estimate of drug-likeness (QED) is 0.423. The van der Waals surface area contributed by atoms with Crippen LogP contribution in [-0.4, -0.2) is 29.8 Å². The maximum atomic E-state index is 10.9. The SMILES string of the molecule is C=CC(=O)NCCC[Si](C)(C)O[Si](C)C. The van der Waals surface area contributed by atoms with Gasteiger partial charge >= 0.3 is 0 Å². The monoisotopic (exact) mass is 244 g/mol. The third kappa shape index (κ3) is 8.59. The fourth-order valence-corrected chi connectivity index (χ4v) is 7.26. The molecule has 3 nitrogen and oxygen atoms in total. The highest BCUT2D eigenvalue weighted by molar-refractivity contribution is 6.77. The van der Waals surface area contributed by atoms with Gasteiger partial charge < -0.3 is 9.43 Å². The first-order chi connectivity index (χ1) is 6.87. The second kappa shape index (κ2) is 6.97. The smallest absolute Gasteiger partial charge is 0.243 e. The van der Waals surface area contributed by atoms with Crippen molar-refractivity contribution < 1.29 is 8.91 Å². The van der Waals surface area contributed by atoms with Crippen LogP contribution in [0.2, 0.25) is 32.2 Å². The zero-order valence-corrected chi connectivity index (χ0v) is 12.2. The van der Waals surface area contributed by atoms with E-state index in [0.717, 1.165) is 19.0 Å². The molecule has 1 amide bonds. The van der Waals surface area contributed by atoms with E-state index in [9.17, 15) is 4.79 Å². The van der Waals surface area contributed by atoms with Gasteiger partial charge in [-0.05, 0) is 44.7 Å². The van der Waals surface area contributed by atoms with Gasteiger partial charge in [0.1, 0.15) is 0 Å². The Hall–Kier alpha value is -0.396. The minimum Gasteiger partial charge on any atom is -0.456 e. The largest absolute Gasteiger partial charge is 0.456 e. The third-order valence-electron chi connectivity index (χ3n) is 1.92. The lowest BCUT2D eigenvalue weighted by atomic mass is 10.4. The van der Waals surface area contributed by atoms with Gasteiger partial charge in [-0.1, -0.05) is 6.58 Å². The number of rotatable bonds is 7. The summed E-state index contributed by atoms with van der Waals surface area (Å²) in [6, 6.07) is 1.10. The van der Waals surface area contributed by atoms with E-state index in [0.29, 0.717) is 0 Å². The summed E-state index contributed by atoms with van der Waals surface area (Å²) in [5.41, 5.74) is 0. The number of carbonyl (C=O) groups excluding carboxylic acids is 1. The van der Waals surface area contributed by atoms with Crippen LogP contribution in [0.1, 0.15) is 6.42 Å². The Kier molecular flexibility index (Phi) is 6.79. The van der Waals surface area contributed by atoms with Crippen LogP contribution in [-0.2, 0) is 8.91 Å². The predicted octanol–water partition coefficient (Wildman–Crippen LogP) is 2.15. The summed E-state index contributed by atoms with van der Waals surface area (Å²) in [7, 11) is -2.07. The van der Waals surface area contributed by atoms with Crippen molar-refractivity contribution >= 4 is 23.3 Å². The second-order valence-electron chi connectivity index (χ2n) is 4.37.